The third-order valence-electron chi connectivity index (χ3n) is 2.64. The van der Waals surface area contributed by atoms with Crippen LogP contribution in [0.4, 0.5) is 0 Å². The number of carbonyl (C=O) groups excluding carboxylic acids is 1. The van der Waals surface area contributed by atoms with E-state index < -0.39 is 0 Å². The van der Waals surface area contributed by atoms with Gasteiger partial charge in [0.15, 0.2) is 0 Å². The summed E-state index contributed by atoms with van der Waals surface area (Å²) >= 11 is 7.42. The maximum absolute atomic E-state index is 11.1. The first-order valence-electron chi connectivity index (χ1n) is 5.99. The van der Waals surface area contributed by atoms with Crippen molar-refractivity contribution in [1.29, 1.82) is 0 Å². The lowest BCUT2D eigenvalue weighted by Gasteiger charge is -2.04. The molecule has 104 valence electrons. The van der Waals surface area contributed by atoms with E-state index in [1.54, 1.807) is 18.0 Å². The Kier molecular flexibility index (Phi) is 5.40. The summed E-state index contributed by atoms with van der Waals surface area (Å²) in [6.07, 6.45) is 1.93. The molecule has 0 aliphatic heterocycles. The predicted molar refractivity (Wildman–Crippen MR) is 81.3 cm³/mol. The van der Waals surface area contributed by atoms with Crippen LogP contribution in [0.3, 0.4) is 0 Å². The van der Waals surface area contributed by atoms with Crippen molar-refractivity contribution in [2.24, 2.45) is 5.84 Å². The normalized spacial score (nSPS) is 10.3. The minimum atomic E-state index is -0.197. The maximum atomic E-state index is 11.1. The van der Waals surface area contributed by atoms with Gasteiger partial charge < -0.3 is 0 Å². The summed E-state index contributed by atoms with van der Waals surface area (Å²) in [4.78, 5) is 15.4. The molecule has 0 unspecified atom stereocenters. The van der Waals surface area contributed by atoms with Crippen molar-refractivity contribution in [3.8, 4) is 0 Å². The number of nitrogens with one attached hydrogen (secondary N) is 1. The molecule has 0 aliphatic rings. The molecule has 0 saturated heterocycles. The zero-order valence-corrected chi connectivity index (χ0v) is 12.2. The molecule has 1 aromatic heterocycles. The molecule has 1 aromatic carbocycles. The zero-order chi connectivity index (χ0) is 14.4. The number of carbonyl (C=O) groups is 1. The molecule has 0 spiro atoms. The zero-order valence-electron chi connectivity index (χ0n) is 10.7. The van der Waals surface area contributed by atoms with Gasteiger partial charge in [0.1, 0.15) is 0 Å². The van der Waals surface area contributed by atoms with Crippen LogP contribution in [0.15, 0.2) is 47.6 Å². The number of nitrogens with two attached hydrogens (primary N) is 1. The van der Waals surface area contributed by atoms with Crippen molar-refractivity contribution in [2.45, 2.75) is 17.2 Å². The Morgan fingerprint density at radius 2 is 1.90 bits per heavy atom. The van der Waals surface area contributed by atoms with Crippen molar-refractivity contribution in [1.82, 2.24) is 10.4 Å². The smallest absolute Gasteiger partial charge is 0.238 e. The van der Waals surface area contributed by atoms with Gasteiger partial charge in [0.05, 0.1) is 16.5 Å². The first kappa shape index (κ1) is 14.8. The van der Waals surface area contributed by atoms with Gasteiger partial charge in [-0.1, -0.05) is 35.9 Å². The number of rotatable bonds is 5. The molecule has 0 aliphatic carbocycles. The summed E-state index contributed by atoms with van der Waals surface area (Å²) in [5.41, 5.74) is 4.22. The molecule has 4 nitrogen and oxygen atoms in total. The Bertz CT molecular complexity index is 572. The number of halogens is 1. The van der Waals surface area contributed by atoms with Gasteiger partial charge in [-0.2, -0.15) is 0 Å². The van der Waals surface area contributed by atoms with E-state index in [0.717, 1.165) is 16.3 Å². The Balaban J connectivity index is 1.90. The lowest BCUT2D eigenvalue weighted by molar-refractivity contribution is -0.120. The molecule has 0 bridgehead atoms. The van der Waals surface area contributed by atoms with Crippen LogP contribution < -0.4 is 11.3 Å². The van der Waals surface area contributed by atoms with Crippen molar-refractivity contribution in [3.63, 3.8) is 0 Å². The summed E-state index contributed by atoms with van der Waals surface area (Å²) in [5.74, 6) is 5.67. The average Bonchev–Trinajstić information content (AvgIpc) is 2.48. The fourth-order valence-electron chi connectivity index (χ4n) is 1.59. The Morgan fingerprint density at radius 3 is 2.50 bits per heavy atom. The molecule has 2 rings (SSSR count). The molecule has 1 heterocycles. The van der Waals surface area contributed by atoms with Crippen molar-refractivity contribution < 1.29 is 4.79 Å². The quantitative estimate of drug-likeness (QED) is 0.385. The fraction of sp³-hybridized carbons (Fsp3) is 0.143. The summed E-state index contributed by atoms with van der Waals surface area (Å²) in [6.45, 7) is 0. The van der Waals surface area contributed by atoms with Gasteiger partial charge in [-0.15, -0.1) is 11.8 Å². The summed E-state index contributed by atoms with van der Waals surface area (Å²) < 4.78 is 0. The van der Waals surface area contributed by atoms with Gasteiger partial charge in [-0.25, -0.2) is 10.8 Å². The molecular formula is C14H14ClN3OS. The van der Waals surface area contributed by atoms with E-state index in [9.17, 15) is 4.79 Å². The SMILES string of the molecule is NNC(=O)Cc1ccc(CSc2ccc(Cl)cn2)cc1. The molecular weight excluding hydrogens is 294 g/mol. The average molecular weight is 308 g/mol. The van der Waals surface area contributed by atoms with Crippen molar-refractivity contribution >= 4 is 29.3 Å². The highest BCUT2D eigenvalue weighted by molar-refractivity contribution is 7.98. The van der Waals surface area contributed by atoms with E-state index in [-0.39, 0.29) is 5.91 Å². The molecule has 0 atom stereocenters. The highest BCUT2D eigenvalue weighted by atomic mass is 35.5. The Labute approximate surface area is 126 Å². The Morgan fingerprint density at radius 1 is 1.20 bits per heavy atom. The number of thioether (sulfide) groups is 1. The third kappa shape index (κ3) is 4.52. The van der Waals surface area contributed by atoms with E-state index in [1.165, 1.54) is 5.56 Å². The van der Waals surface area contributed by atoms with Gasteiger partial charge in [0, 0.05) is 11.9 Å². The number of hydrogen-bond donors (Lipinski definition) is 2. The number of nitrogens with zero attached hydrogens (tertiary/aromatic N) is 1. The van der Waals surface area contributed by atoms with Crippen LogP contribution >= 0.6 is 23.4 Å². The second-order valence-corrected chi connectivity index (χ2v) is 5.60. The second-order valence-electron chi connectivity index (χ2n) is 4.16. The number of aromatic nitrogens is 1. The molecule has 6 heteroatoms. The minimum absolute atomic E-state index is 0.197. The minimum Gasteiger partial charge on any atom is -0.294 e. The van der Waals surface area contributed by atoms with Gasteiger partial charge in [0.25, 0.3) is 0 Å². The second kappa shape index (κ2) is 7.28. The number of hydrazine groups is 1. The number of benzene rings is 1. The van der Waals surface area contributed by atoms with Gasteiger partial charge in [-0.3, -0.25) is 10.2 Å². The third-order valence-corrected chi connectivity index (χ3v) is 3.87. The predicted octanol–water partition coefficient (Wildman–Crippen LogP) is 2.56. The van der Waals surface area contributed by atoms with Crippen LogP contribution in [0.5, 0.6) is 0 Å². The lowest BCUT2D eigenvalue weighted by atomic mass is 10.1. The fourth-order valence-corrected chi connectivity index (χ4v) is 2.50. The first-order valence-corrected chi connectivity index (χ1v) is 7.35. The molecule has 1 amide bonds. The number of pyridine rings is 1. The molecule has 0 saturated carbocycles. The van der Waals surface area contributed by atoms with E-state index in [4.69, 9.17) is 17.4 Å². The van der Waals surface area contributed by atoms with Crippen LogP contribution in [-0.2, 0) is 17.0 Å². The van der Waals surface area contributed by atoms with Gasteiger partial charge in [0.2, 0.25) is 5.91 Å². The van der Waals surface area contributed by atoms with Crippen LogP contribution in [0.1, 0.15) is 11.1 Å². The summed E-state index contributed by atoms with van der Waals surface area (Å²) in [5, 5.41) is 1.57. The first-order chi connectivity index (χ1) is 9.67. The van der Waals surface area contributed by atoms with E-state index in [0.29, 0.717) is 11.4 Å². The highest BCUT2D eigenvalue weighted by Crippen LogP contribution is 2.22. The van der Waals surface area contributed by atoms with E-state index >= 15 is 0 Å². The van der Waals surface area contributed by atoms with Gasteiger partial charge >= 0.3 is 0 Å². The number of amides is 1. The molecule has 2 aromatic rings. The molecule has 20 heavy (non-hydrogen) atoms. The number of hydrogen-bond acceptors (Lipinski definition) is 4. The van der Waals surface area contributed by atoms with Crippen LogP contribution in [0.2, 0.25) is 5.02 Å². The van der Waals surface area contributed by atoms with Crippen molar-refractivity contribution in [2.75, 3.05) is 0 Å². The topological polar surface area (TPSA) is 68.0 Å². The van der Waals surface area contributed by atoms with Crippen LogP contribution in [-0.4, -0.2) is 10.9 Å². The van der Waals surface area contributed by atoms with E-state index in [1.807, 2.05) is 36.4 Å². The van der Waals surface area contributed by atoms with E-state index in [2.05, 4.69) is 10.4 Å². The molecule has 0 radical (unpaired) electrons. The largest absolute Gasteiger partial charge is 0.294 e. The van der Waals surface area contributed by atoms with Crippen LogP contribution in [0.25, 0.3) is 0 Å². The summed E-state index contributed by atoms with van der Waals surface area (Å²) in [7, 11) is 0. The highest BCUT2D eigenvalue weighted by Gasteiger charge is 2.02. The monoisotopic (exact) mass is 307 g/mol. The van der Waals surface area contributed by atoms with Gasteiger partial charge in [-0.05, 0) is 23.3 Å². The Hall–Kier alpha value is -1.56. The molecule has 3 N–H and O–H groups in total. The van der Waals surface area contributed by atoms with Crippen molar-refractivity contribution in [3.05, 3.63) is 58.7 Å². The molecule has 0 fully saturated rings. The standard InChI is InChI=1S/C14H14ClN3OS/c15-12-5-6-14(17-8-12)20-9-11-3-1-10(2-4-11)7-13(19)18-16/h1-6,8H,7,9,16H2,(H,18,19). The maximum Gasteiger partial charge on any atom is 0.238 e. The van der Waals surface area contributed by atoms with Crippen LogP contribution in [0, 0.1) is 0 Å². The summed E-state index contributed by atoms with van der Waals surface area (Å²) in [6, 6.07) is 11.6. The lowest BCUT2D eigenvalue weighted by Crippen LogP contribution is -2.31.